The number of nitriles is 1. The van der Waals surface area contributed by atoms with Gasteiger partial charge in [0.25, 0.3) is 0 Å². The van der Waals surface area contributed by atoms with Crippen molar-refractivity contribution < 1.29 is 4.79 Å². The molecule has 3 rings (SSSR count). The van der Waals surface area contributed by atoms with Crippen molar-refractivity contribution in [3.05, 3.63) is 59.7 Å². The van der Waals surface area contributed by atoms with Crippen LogP contribution in [0.5, 0.6) is 0 Å². The van der Waals surface area contributed by atoms with Crippen LogP contribution in [0.4, 0.5) is 11.4 Å². The van der Waals surface area contributed by atoms with Crippen LogP contribution in [0.25, 0.3) is 0 Å². The van der Waals surface area contributed by atoms with Crippen LogP contribution < -0.4 is 4.90 Å². The van der Waals surface area contributed by atoms with E-state index in [-0.39, 0.29) is 11.8 Å². The highest BCUT2D eigenvalue weighted by molar-refractivity contribution is 6.01. The number of benzene rings is 2. The number of carbonyl (C=O) groups is 1. The smallest absolute Gasteiger partial charge is 0.228 e. The third-order valence-electron chi connectivity index (χ3n) is 3.68. The van der Waals surface area contributed by atoms with Crippen LogP contribution >= 0.6 is 0 Å². The van der Waals surface area contributed by atoms with Gasteiger partial charge in [0.05, 0.1) is 23.4 Å². The minimum atomic E-state index is -0.225. The molecular formula is C17H14N2O. The Morgan fingerprint density at radius 2 is 1.80 bits per heavy atom. The number of rotatable bonds is 0. The van der Waals surface area contributed by atoms with Gasteiger partial charge >= 0.3 is 0 Å². The Morgan fingerprint density at radius 1 is 1.15 bits per heavy atom. The van der Waals surface area contributed by atoms with Crippen molar-refractivity contribution in [2.24, 2.45) is 0 Å². The number of fused-ring (bicyclic) bond motifs is 2. The highest BCUT2D eigenvalue weighted by Gasteiger charge is 2.28. The zero-order chi connectivity index (χ0) is 14.1. The molecule has 0 spiro atoms. The molecule has 0 saturated heterocycles. The molecule has 2 aromatic carbocycles. The summed E-state index contributed by atoms with van der Waals surface area (Å²) in [4.78, 5) is 13.8. The fourth-order valence-electron chi connectivity index (χ4n) is 2.80. The lowest BCUT2D eigenvalue weighted by Gasteiger charge is -2.23. The van der Waals surface area contributed by atoms with E-state index in [1.54, 1.807) is 11.8 Å². The average molecular weight is 262 g/mol. The van der Waals surface area contributed by atoms with Gasteiger partial charge in [0.1, 0.15) is 0 Å². The second-order valence-electron chi connectivity index (χ2n) is 4.93. The first-order chi connectivity index (χ1) is 9.72. The van der Waals surface area contributed by atoms with Gasteiger partial charge in [-0.3, -0.25) is 9.69 Å². The number of para-hydroxylation sites is 2. The fraction of sp³-hybridized carbons (Fsp3) is 0.176. The molecule has 1 atom stereocenters. The molecule has 1 aliphatic heterocycles. The summed E-state index contributed by atoms with van der Waals surface area (Å²) >= 11 is 0. The van der Waals surface area contributed by atoms with Gasteiger partial charge in [0.2, 0.25) is 5.91 Å². The van der Waals surface area contributed by atoms with Gasteiger partial charge in [-0.1, -0.05) is 36.4 Å². The lowest BCUT2D eigenvalue weighted by Crippen LogP contribution is -2.23. The van der Waals surface area contributed by atoms with Crippen LogP contribution in [0.1, 0.15) is 24.0 Å². The highest BCUT2D eigenvalue weighted by atomic mass is 16.2. The number of nitrogens with zero attached hydrogens (tertiary/aromatic N) is 2. The normalized spacial score (nSPS) is 16.6. The molecule has 0 fully saturated rings. The molecule has 1 aliphatic rings. The largest absolute Gasteiger partial charge is 0.281 e. The van der Waals surface area contributed by atoms with Crippen molar-refractivity contribution in [1.82, 2.24) is 0 Å². The molecule has 0 N–H and O–H groups in total. The van der Waals surface area contributed by atoms with Crippen molar-refractivity contribution >= 4 is 17.3 Å². The van der Waals surface area contributed by atoms with Gasteiger partial charge < -0.3 is 0 Å². The van der Waals surface area contributed by atoms with Crippen LogP contribution in [-0.2, 0) is 11.2 Å². The second-order valence-corrected chi connectivity index (χ2v) is 4.93. The van der Waals surface area contributed by atoms with Crippen LogP contribution in [0.2, 0.25) is 0 Å². The molecule has 98 valence electrons. The maximum atomic E-state index is 12.1. The number of amides is 1. The lowest BCUT2D eigenvalue weighted by molar-refractivity contribution is -0.115. The Balaban J connectivity index is 2.31. The topological polar surface area (TPSA) is 44.1 Å². The summed E-state index contributed by atoms with van der Waals surface area (Å²) in [6.07, 6.45) is 0.632. The molecule has 20 heavy (non-hydrogen) atoms. The number of hydrogen-bond donors (Lipinski definition) is 0. The predicted octanol–water partition coefficient (Wildman–Crippen LogP) is 3.53. The summed E-state index contributed by atoms with van der Waals surface area (Å²) in [5.41, 5.74) is 3.65. The van der Waals surface area contributed by atoms with Crippen molar-refractivity contribution in [2.75, 3.05) is 4.90 Å². The summed E-state index contributed by atoms with van der Waals surface area (Å²) in [5.74, 6) is -0.264. The van der Waals surface area contributed by atoms with Crippen LogP contribution in [0.15, 0.2) is 48.5 Å². The highest BCUT2D eigenvalue weighted by Crippen LogP contribution is 2.40. The maximum Gasteiger partial charge on any atom is 0.228 e. The predicted molar refractivity (Wildman–Crippen MR) is 77.8 cm³/mol. The summed E-state index contributed by atoms with van der Waals surface area (Å²) < 4.78 is 0. The summed E-state index contributed by atoms with van der Waals surface area (Å²) in [7, 11) is 0. The van der Waals surface area contributed by atoms with Crippen molar-refractivity contribution in [3.8, 4) is 6.07 Å². The summed E-state index contributed by atoms with van der Waals surface area (Å²) in [6.45, 7) is 1.56. The zero-order valence-electron chi connectivity index (χ0n) is 11.2. The van der Waals surface area contributed by atoms with E-state index in [1.807, 2.05) is 48.5 Å². The van der Waals surface area contributed by atoms with E-state index in [0.717, 1.165) is 22.5 Å². The van der Waals surface area contributed by atoms with Gasteiger partial charge in [-0.2, -0.15) is 5.26 Å². The van der Waals surface area contributed by atoms with Gasteiger partial charge in [-0.15, -0.1) is 0 Å². The Hall–Kier alpha value is -2.60. The van der Waals surface area contributed by atoms with Gasteiger partial charge in [-0.25, -0.2) is 0 Å². The van der Waals surface area contributed by atoms with Gasteiger partial charge in [0, 0.05) is 6.92 Å². The molecular weight excluding hydrogens is 248 g/mol. The van der Waals surface area contributed by atoms with E-state index >= 15 is 0 Å². The maximum absolute atomic E-state index is 12.1. The molecule has 2 aromatic rings. The van der Waals surface area contributed by atoms with E-state index < -0.39 is 0 Å². The first-order valence-electron chi connectivity index (χ1n) is 6.59. The van der Waals surface area contributed by atoms with Crippen molar-refractivity contribution in [1.29, 1.82) is 5.26 Å². The first-order valence-corrected chi connectivity index (χ1v) is 6.59. The molecule has 1 amide bonds. The van der Waals surface area contributed by atoms with Gasteiger partial charge in [0.15, 0.2) is 0 Å². The lowest BCUT2D eigenvalue weighted by atomic mass is 9.93. The van der Waals surface area contributed by atoms with Crippen molar-refractivity contribution in [3.63, 3.8) is 0 Å². The van der Waals surface area contributed by atoms with Gasteiger partial charge in [-0.05, 0) is 29.7 Å². The summed E-state index contributed by atoms with van der Waals surface area (Å²) in [6, 6.07) is 17.8. The Kier molecular flexibility index (Phi) is 3.00. The molecule has 0 radical (unpaired) electrons. The fourth-order valence-corrected chi connectivity index (χ4v) is 2.80. The van der Waals surface area contributed by atoms with Crippen molar-refractivity contribution in [2.45, 2.75) is 19.3 Å². The van der Waals surface area contributed by atoms with Crippen LogP contribution in [0.3, 0.4) is 0 Å². The molecule has 1 heterocycles. The summed E-state index contributed by atoms with van der Waals surface area (Å²) in [5, 5.41) is 9.46. The number of carbonyl (C=O) groups excluding carboxylic acids is 1. The number of anilines is 2. The van der Waals surface area contributed by atoms with E-state index in [9.17, 15) is 10.1 Å². The minimum absolute atomic E-state index is 0.0384. The SMILES string of the molecule is CC(=O)N1c2ccccc2CC(C#N)c2ccccc21. The zero-order valence-corrected chi connectivity index (χ0v) is 11.2. The molecule has 1 unspecified atom stereocenters. The van der Waals surface area contributed by atoms with Crippen LogP contribution in [-0.4, -0.2) is 5.91 Å². The molecule has 0 aromatic heterocycles. The third kappa shape index (κ3) is 1.86. The molecule has 3 heteroatoms. The third-order valence-corrected chi connectivity index (χ3v) is 3.68. The van der Waals surface area contributed by atoms with E-state index in [1.165, 1.54) is 0 Å². The van der Waals surface area contributed by atoms with Crippen LogP contribution in [0, 0.1) is 11.3 Å². The first kappa shape index (κ1) is 12.4. The number of hydrogen-bond acceptors (Lipinski definition) is 2. The quantitative estimate of drug-likeness (QED) is 0.729. The minimum Gasteiger partial charge on any atom is -0.281 e. The molecule has 3 nitrogen and oxygen atoms in total. The standard InChI is InChI=1S/C17H14N2O/c1-12(20)19-16-8-4-2-6-13(16)10-14(11-18)15-7-3-5-9-17(15)19/h2-9,14H,10H2,1H3. The Labute approximate surface area is 118 Å². The molecule has 0 aliphatic carbocycles. The second kappa shape index (κ2) is 4.82. The molecule has 0 saturated carbocycles. The Morgan fingerprint density at radius 3 is 2.50 bits per heavy atom. The van der Waals surface area contributed by atoms with E-state index in [4.69, 9.17) is 0 Å². The average Bonchev–Trinajstić information content (AvgIpc) is 2.61. The monoisotopic (exact) mass is 262 g/mol. The molecule has 0 bridgehead atoms. The van der Waals surface area contributed by atoms with E-state index in [0.29, 0.717) is 6.42 Å². The van der Waals surface area contributed by atoms with E-state index in [2.05, 4.69) is 6.07 Å². The Bertz CT molecular complexity index is 715.